The maximum Gasteiger partial charge on any atom is 0.307 e. The van der Waals surface area contributed by atoms with Crippen LogP contribution < -0.4 is 10.1 Å². The molecular formula is C18H23NO4. The van der Waals surface area contributed by atoms with Crippen molar-refractivity contribution in [3.05, 3.63) is 36.4 Å². The van der Waals surface area contributed by atoms with Crippen LogP contribution in [0.4, 0.5) is 5.69 Å². The standard InChI is InChI=1S/C18H23NO4/c1-12(2)11-23-16-10-6-5-9-15(16)19-17(20)13-7-3-4-8-14(13)18(21)22/h5-6,9-10,13-14H,1,3-4,7-8,11H2,2H3,(H,19,20)(H,21,22)/t13-,14-/m0/s1. The number of hydrogen-bond donors (Lipinski definition) is 2. The minimum atomic E-state index is -0.892. The van der Waals surface area contributed by atoms with Gasteiger partial charge in [0.2, 0.25) is 5.91 Å². The van der Waals surface area contributed by atoms with Gasteiger partial charge < -0.3 is 15.2 Å². The van der Waals surface area contributed by atoms with Crippen LogP contribution in [0.3, 0.4) is 0 Å². The number of ether oxygens (including phenoxy) is 1. The summed E-state index contributed by atoms with van der Waals surface area (Å²) in [6, 6.07) is 7.15. The lowest BCUT2D eigenvalue weighted by Crippen LogP contribution is -2.36. The Morgan fingerprint density at radius 2 is 1.91 bits per heavy atom. The number of benzene rings is 1. The normalized spacial score (nSPS) is 20.6. The Kier molecular flexibility index (Phi) is 5.79. The maximum atomic E-state index is 12.5. The molecule has 0 spiro atoms. The summed E-state index contributed by atoms with van der Waals surface area (Å²) in [7, 11) is 0. The Morgan fingerprint density at radius 3 is 2.57 bits per heavy atom. The molecule has 0 bridgehead atoms. The first-order chi connectivity index (χ1) is 11.0. The molecule has 1 amide bonds. The van der Waals surface area contributed by atoms with E-state index in [1.807, 2.05) is 13.0 Å². The first kappa shape index (κ1) is 17.1. The molecule has 1 fully saturated rings. The van der Waals surface area contributed by atoms with E-state index < -0.39 is 17.8 Å². The van der Waals surface area contributed by atoms with Crippen molar-refractivity contribution in [2.24, 2.45) is 11.8 Å². The zero-order chi connectivity index (χ0) is 16.8. The molecule has 124 valence electrons. The highest BCUT2D eigenvalue weighted by Gasteiger charge is 2.35. The third-order valence-corrected chi connectivity index (χ3v) is 4.04. The minimum absolute atomic E-state index is 0.247. The maximum absolute atomic E-state index is 12.5. The molecule has 0 unspecified atom stereocenters. The molecule has 1 aromatic carbocycles. The molecule has 2 atom stereocenters. The van der Waals surface area contributed by atoms with Crippen molar-refractivity contribution in [1.82, 2.24) is 0 Å². The molecule has 1 aliphatic carbocycles. The van der Waals surface area contributed by atoms with Gasteiger partial charge in [-0.2, -0.15) is 0 Å². The number of carbonyl (C=O) groups is 2. The van der Waals surface area contributed by atoms with E-state index >= 15 is 0 Å². The highest BCUT2D eigenvalue weighted by molar-refractivity contribution is 5.96. The highest BCUT2D eigenvalue weighted by atomic mass is 16.5. The average molecular weight is 317 g/mol. The Labute approximate surface area is 136 Å². The van der Waals surface area contributed by atoms with Crippen LogP contribution in [0.25, 0.3) is 0 Å². The summed E-state index contributed by atoms with van der Waals surface area (Å²) in [5.74, 6) is -1.67. The van der Waals surface area contributed by atoms with Gasteiger partial charge in [0.1, 0.15) is 12.4 Å². The van der Waals surface area contributed by atoms with Gasteiger partial charge >= 0.3 is 5.97 Å². The molecule has 0 heterocycles. The van der Waals surface area contributed by atoms with Crippen LogP contribution in [0.5, 0.6) is 5.75 Å². The van der Waals surface area contributed by atoms with E-state index in [1.165, 1.54) is 0 Å². The summed E-state index contributed by atoms with van der Waals surface area (Å²) in [5, 5.41) is 12.1. The molecule has 1 aromatic rings. The lowest BCUT2D eigenvalue weighted by Gasteiger charge is -2.27. The predicted molar refractivity (Wildman–Crippen MR) is 88.5 cm³/mol. The van der Waals surface area contributed by atoms with E-state index in [9.17, 15) is 14.7 Å². The Balaban J connectivity index is 2.10. The van der Waals surface area contributed by atoms with E-state index in [1.54, 1.807) is 18.2 Å². The van der Waals surface area contributed by atoms with Crippen molar-refractivity contribution in [2.45, 2.75) is 32.6 Å². The molecule has 0 saturated heterocycles. The number of nitrogens with one attached hydrogen (secondary N) is 1. The van der Waals surface area contributed by atoms with Crippen molar-refractivity contribution >= 4 is 17.6 Å². The van der Waals surface area contributed by atoms with Crippen LogP contribution in [0.1, 0.15) is 32.6 Å². The van der Waals surface area contributed by atoms with E-state index in [-0.39, 0.29) is 5.91 Å². The molecule has 1 saturated carbocycles. The van der Waals surface area contributed by atoms with Crippen LogP contribution >= 0.6 is 0 Å². The van der Waals surface area contributed by atoms with Gasteiger partial charge in [0.25, 0.3) is 0 Å². The van der Waals surface area contributed by atoms with Crippen LogP contribution in [-0.4, -0.2) is 23.6 Å². The molecule has 0 aromatic heterocycles. The fourth-order valence-corrected chi connectivity index (χ4v) is 2.86. The predicted octanol–water partition coefficient (Wildman–Crippen LogP) is 3.47. The van der Waals surface area contributed by atoms with Crippen molar-refractivity contribution in [3.63, 3.8) is 0 Å². The van der Waals surface area contributed by atoms with Crippen LogP contribution in [-0.2, 0) is 9.59 Å². The van der Waals surface area contributed by atoms with Gasteiger partial charge in [-0.1, -0.05) is 31.6 Å². The van der Waals surface area contributed by atoms with Gasteiger partial charge in [0, 0.05) is 0 Å². The number of carbonyl (C=O) groups excluding carboxylic acids is 1. The Morgan fingerprint density at radius 1 is 1.26 bits per heavy atom. The molecule has 5 nitrogen and oxygen atoms in total. The van der Waals surface area contributed by atoms with Gasteiger partial charge in [-0.25, -0.2) is 0 Å². The second-order valence-electron chi connectivity index (χ2n) is 6.07. The van der Waals surface area contributed by atoms with Gasteiger partial charge in [-0.05, 0) is 37.5 Å². The number of para-hydroxylation sites is 2. The van der Waals surface area contributed by atoms with Crippen LogP contribution in [0.2, 0.25) is 0 Å². The largest absolute Gasteiger partial charge is 0.487 e. The number of anilines is 1. The number of hydrogen-bond acceptors (Lipinski definition) is 3. The molecule has 23 heavy (non-hydrogen) atoms. The molecule has 2 N–H and O–H groups in total. The van der Waals surface area contributed by atoms with E-state index in [4.69, 9.17) is 4.74 Å². The lowest BCUT2D eigenvalue weighted by molar-refractivity contribution is -0.147. The summed E-state index contributed by atoms with van der Waals surface area (Å²) >= 11 is 0. The second kappa shape index (κ2) is 7.81. The molecule has 2 rings (SSSR count). The fraction of sp³-hybridized carbons (Fsp3) is 0.444. The zero-order valence-corrected chi connectivity index (χ0v) is 13.4. The molecule has 0 aliphatic heterocycles. The van der Waals surface area contributed by atoms with Crippen LogP contribution in [0.15, 0.2) is 36.4 Å². The lowest BCUT2D eigenvalue weighted by atomic mass is 9.78. The highest BCUT2D eigenvalue weighted by Crippen LogP contribution is 2.32. The minimum Gasteiger partial charge on any atom is -0.487 e. The first-order valence-electron chi connectivity index (χ1n) is 7.89. The smallest absolute Gasteiger partial charge is 0.307 e. The molecular weight excluding hydrogens is 294 g/mol. The first-order valence-corrected chi connectivity index (χ1v) is 7.89. The van der Waals surface area contributed by atoms with Crippen molar-refractivity contribution in [3.8, 4) is 5.75 Å². The topological polar surface area (TPSA) is 75.6 Å². The fourth-order valence-electron chi connectivity index (χ4n) is 2.86. The zero-order valence-electron chi connectivity index (χ0n) is 13.4. The number of rotatable bonds is 6. The monoisotopic (exact) mass is 317 g/mol. The summed E-state index contributed by atoms with van der Waals surface area (Å²) in [4.78, 5) is 23.9. The van der Waals surface area contributed by atoms with E-state index in [0.717, 1.165) is 18.4 Å². The third-order valence-electron chi connectivity index (χ3n) is 4.04. The number of aliphatic carboxylic acids is 1. The SMILES string of the molecule is C=C(C)COc1ccccc1NC(=O)[C@H]1CCCC[C@@H]1C(=O)O. The molecule has 5 heteroatoms. The summed E-state index contributed by atoms with van der Waals surface area (Å²) in [5.41, 5.74) is 1.44. The van der Waals surface area contributed by atoms with Gasteiger partial charge in [0.05, 0.1) is 17.5 Å². The summed E-state index contributed by atoms with van der Waals surface area (Å²) < 4.78 is 5.63. The Bertz CT molecular complexity index is 596. The second-order valence-corrected chi connectivity index (χ2v) is 6.07. The Hall–Kier alpha value is -2.30. The van der Waals surface area contributed by atoms with Crippen molar-refractivity contribution in [2.75, 3.05) is 11.9 Å². The van der Waals surface area contributed by atoms with Crippen LogP contribution in [0, 0.1) is 11.8 Å². The van der Waals surface area contributed by atoms with Crippen molar-refractivity contribution in [1.29, 1.82) is 0 Å². The third kappa shape index (κ3) is 4.58. The van der Waals surface area contributed by atoms with Gasteiger partial charge in [-0.3, -0.25) is 9.59 Å². The average Bonchev–Trinajstić information content (AvgIpc) is 2.53. The number of amides is 1. The van der Waals surface area contributed by atoms with E-state index in [2.05, 4.69) is 11.9 Å². The molecule has 1 aliphatic rings. The quantitative estimate of drug-likeness (QED) is 0.788. The molecule has 0 radical (unpaired) electrons. The van der Waals surface area contributed by atoms with Gasteiger partial charge in [0.15, 0.2) is 0 Å². The summed E-state index contributed by atoms with van der Waals surface area (Å²) in [6.07, 6.45) is 2.91. The van der Waals surface area contributed by atoms with Crippen molar-refractivity contribution < 1.29 is 19.4 Å². The number of carboxylic acids is 1. The van der Waals surface area contributed by atoms with Gasteiger partial charge in [-0.15, -0.1) is 0 Å². The number of carboxylic acid groups (broad SMARTS) is 1. The van der Waals surface area contributed by atoms with E-state index in [0.29, 0.717) is 30.9 Å². The summed E-state index contributed by atoms with van der Waals surface area (Å²) in [6.45, 7) is 6.02.